The van der Waals surface area contributed by atoms with Crippen LogP contribution in [0.2, 0.25) is 0 Å². The van der Waals surface area contributed by atoms with Crippen LogP contribution < -0.4 is 0 Å². The summed E-state index contributed by atoms with van der Waals surface area (Å²) < 4.78 is 5.91. The molecule has 90 valence electrons. The first-order chi connectivity index (χ1) is 8.17. The van der Waals surface area contributed by atoms with Crippen molar-refractivity contribution in [1.29, 1.82) is 5.26 Å². The van der Waals surface area contributed by atoms with Crippen LogP contribution in [0.25, 0.3) is 6.08 Å². The number of carbonyl (C=O) groups is 1. The summed E-state index contributed by atoms with van der Waals surface area (Å²) in [7, 11) is 0. The number of hydrogen-bond acceptors (Lipinski definition) is 4. The average Bonchev–Trinajstić information content (AvgIpc) is 2.72. The van der Waals surface area contributed by atoms with Gasteiger partial charge in [0.15, 0.2) is 0 Å². The second kappa shape index (κ2) is 7.25. The largest absolute Gasteiger partial charge is 0.462 e. The summed E-state index contributed by atoms with van der Waals surface area (Å²) in [5.41, 5.74) is 0.0375. The Morgan fingerprint density at radius 1 is 1.71 bits per heavy atom. The van der Waals surface area contributed by atoms with E-state index >= 15 is 0 Å². The van der Waals surface area contributed by atoms with Gasteiger partial charge in [-0.3, -0.25) is 0 Å². The van der Waals surface area contributed by atoms with Crippen LogP contribution in [0.15, 0.2) is 21.5 Å². The molecule has 0 aliphatic rings. The number of halogens is 1. The van der Waals surface area contributed by atoms with E-state index in [1.165, 1.54) is 11.3 Å². The van der Waals surface area contributed by atoms with Crippen LogP contribution in [0.1, 0.15) is 24.6 Å². The highest BCUT2D eigenvalue weighted by Gasteiger charge is 2.10. The van der Waals surface area contributed by atoms with Crippen LogP contribution in [0.5, 0.6) is 0 Å². The smallest absolute Gasteiger partial charge is 0.348 e. The normalized spacial score (nSPS) is 11.0. The Kier molecular flexibility index (Phi) is 5.95. The number of nitrogens with zero attached hydrogens (tertiary/aromatic N) is 1. The summed E-state index contributed by atoms with van der Waals surface area (Å²) in [6.07, 6.45) is 3.31. The molecule has 0 aliphatic heterocycles. The van der Waals surface area contributed by atoms with Gasteiger partial charge in [0.25, 0.3) is 0 Å². The van der Waals surface area contributed by atoms with E-state index in [1.54, 1.807) is 6.08 Å². The number of thiophene rings is 1. The Bertz CT molecular complexity index is 459. The zero-order chi connectivity index (χ0) is 12.7. The van der Waals surface area contributed by atoms with E-state index in [-0.39, 0.29) is 5.57 Å². The third kappa shape index (κ3) is 4.72. The molecule has 0 saturated carbocycles. The summed E-state index contributed by atoms with van der Waals surface area (Å²) in [6, 6.07) is 3.71. The van der Waals surface area contributed by atoms with Crippen molar-refractivity contribution >= 4 is 39.3 Å². The first-order valence-corrected chi connectivity index (χ1v) is 6.87. The number of rotatable bonds is 5. The standard InChI is InChI=1S/C12H12BrNO2S/c1-2-3-4-16-12(15)9(7-14)5-11-6-10(13)8-17-11/h5-6,8H,2-4H2,1H3. The van der Waals surface area contributed by atoms with Crippen LogP contribution in [0, 0.1) is 11.3 Å². The number of ether oxygens (including phenoxy) is 1. The fourth-order valence-electron chi connectivity index (χ4n) is 1.07. The van der Waals surface area contributed by atoms with Crippen molar-refractivity contribution in [3.63, 3.8) is 0 Å². The topological polar surface area (TPSA) is 50.1 Å². The molecule has 0 saturated heterocycles. The number of unbranched alkanes of at least 4 members (excludes halogenated alkanes) is 1. The quantitative estimate of drug-likeness (QED) is 0.360. The number of carbonyl (C=O) groups excluding carboxylic acids is 1. The van der Waals surface area contributed by atoms with E-state index in [2.05, 4.69) is 15.9 Å². The number of hydrogen-bond donors (Lipinski definition) is 0. The molecule has 0 radical (unpaired) electrons. The highest BCUT2D eigenvalue weighted by Crippen LogP contribution is 2.22. The van der Waals surface area contributed by atoms with Crippen molar-refractivity contribution in [2.75, 3.05) is 6.61 Å². The molecule has 0 atom stereocenters. The predicted octanol–water partition coefficient (Wildman–Crippen LogP) is 3.76. The Hall–Kier alpha value is -1.12. The molecule has 17 heavy (non-hydrogen) atoms. The molecule has 0 spiro atoms. The minimum absolute atomic E-state index is 0.0375. The summed E-state index contributed by atoms with van der Waals surface area (Å²) in [5, 5.41) is 10.8. The zero-order valence-electron chi connectivity index (χ0n) is 9.40. The van der Waals surface area contributed by atoms with Gasteiger partial charge >= 0.3 is 5.97 Å². The van der Waals surface area contributed by atoms with Gasteiger partial charge in [-0.25, -0.2) is 4.79 Å². The maximum Gasteiger partial charge on any atom is 0.348 e. The Balaban J connectivity index is 2.68. The molecular weight excluding hydrogens is 302 g/mol. The predicted molar refractivity (Wildman–Crippen MR) is 71.5 cm³/mol. The average molecular weight is 314 g/mol. The molecule has 0 amide bonds. The third-order valence-electron chi connectivity index (χ3n) is 1.95. The fraction of sp³-hybridized carbons (Fsp3) is 0.333. The molecule has 1 aromatic heterocycles. The Morgan fingerprint density at radius 3 is 3.00 bits per heavy atom. The van der Waals surface area contributed by atoms with Crippen molar-refractivity contribution in [3.8, 4) is 6.07 Å². The van der Waals surface area contributed by atoms with E-state index in [0.29, 0.717) is 6.61 Å². The summed E-state index contributed by atoms with van der Waals surface area (Å²) >= 11 is 4.77. The Morgan fingerprint density at radius 2 is 2.47 bits per heavy atom. The summed E-state index contributed by atoms with van der Waals surface area (Å²) in [4.78, 5) is 12.4. The van der Waals surface area contributed by atoms with Crippen molar-refractivity contribution in [1.82, 2.24) is 0 Å². The molecule has 0 aromatic carbocycles. The lowest BCUT2D eigenvalue weighted by molar-refractivity contribution is -0.138. The number of nitriles is 1. The van der Waals surface area contributed by atoms with Gasteiger partial charge < -0.3 is 4.74 Å². The van der Waals surface area contributed by atoms with Crippen molar-refractivity contribution in [3.05, 3.63) is 26.4 Å². The maximum atomic E-state index is 11.5. The van der Waals surface area contributed by atoms with Gasteiger partial charge in [-0.1, -0.05) is 13.3 Å². The second-order valence-electron chi connectivity index (χ2n) is 3.33. The first kappa shape index (κ1) is 13.9. The van der Waals surface area contributed by atoms with Gasteiger partial charge in [0.05, 0.1) is 6.61 Å². The summed E-state index contributed by atoms with van der Waals surface area (Å²) in [5.74, 6) is -0.550. The maximum absolute atomic E-state index is 11.5. The molecule has 0 bridgehead atoms. The monoisotopic (exact) mass is 313 g/mol. The van der Waals surface area contributed by atoms with E-state index < -0.39 is 5.97 Å². The molecule has 3 nitrogen and oxygen atoms in total. The molecule has 5 heteroatoms. The van der Waals surface area contributed by atoms with Crippen LogP contribution in [0.3, 0.4) is 0 Å². The molecule has 0 aliphatic carbocycles. The molecule has 0 N–H and O–H groups in total. The molecule has 1 rings (SSSR count). The lowest BCUT2D eigenvalue weighted by Gasteiger charge is -2.01. The lowest BCUT2D eigenvalue weighted by Crippen LogP contribution is -2.07. The first-order valence-electron chi connectivity index (χ1n) is 5.20. The van der Waals surface area contributed by atoms with E-state index in [0.717, 1.165) is 22.2 Å². The van der Waals surface area contributed by atoms with Crippen LogP contribution in [-0.4, -0.2) is 12.6 Å². The van der Waals surface area contributed by atoms with Gasteiger partial charge in [0, 0.05) is 14.7 Å². The fourth-order valence-corrected chi connectivity index (χ4v) is 2.45. The minimum Gasteiger partial charge on any atom is -0.462 e. The van der Waals surface area contributed by atoms with Gasteiger partial charge in [0.1, 0.15) is 11.6 Å². The van der Waals surface area contributed by atoms with E-state index in [1.807, 2.05) is 24.4 Å². The van der Waals surface area contributed by atoms with Crippen LogP contribution >= 0.6 is 27.3 Å². The SMILES string of the molecule is CCCCOC(=O)C(C#N)=Cc1cc(Br)cs1. The Labute approximate surface area is 113 Å². The molecule has 1 aromatic rings. The highest BCUT2D eigenvalue weighted by atomic mass is 79.9. The van der Waals surface area contributed by atoms with E-state index in [9.17, 15) is 4.79 Å². The summed E-state index contributed by atoms with van der Waals surface area (Å²) in [6.45, 7) is 2.38. The molecule has 1 heterocycles. The molecular formula is C12H12BrNO2S. The molecule has 0 unspecified atom stereocenters. The van der Waals surface area contributed by atoms with Crippen molar-refractivity contribution in [2.45, 2.75) is 19.8 Å². The minimum atomic E-state index is -0.550. The van der Waals surface area contributed by atoms with Gasteiger partial charge in [0.2, 0.25) is 0 Å². The van der Waals surface area contributed by atoms with Crippen LogP contribution in [-0.2, 0) is 9.53 Å². The van der Waals surface area contributed by atoms with Gasteiger partial charge in [-0.2, -0.15) is 5.26 Å². The van der Waals surface area contributed by atoms with Gasteiger partial charge in [-0.15, -0.1) is 11.3 Å². The second-order valence-corrected chi connectivity index (χ2v) is 5.19. The van der Waals surface area contributed by atoms with Gasteiger partial charge in [-0.05, 0) is 34.5 Å². The lowest BCUT2D eigenvalue weighted by atomic mass is 10.2. The number of esters is 1. The molecule has 0 fully saturated rings. The van der Waals surface area contributed by atoms with E-state index in [4.69, 9.17) is 10.00 Å². The van der Waals surface area contributed by atoms with Crippen LogP contribution in [0.4, 0.5) is 0 Å². The van der Waals surface area contributed by atoms with Crippen molar-refractivity contribution < 1.29 is 9.53 Å². The highest BCUT2D eigenvalue weighted by molar-refractivity contribution is 9.10. The van der Waals surface area contributed by atoms with Crippen molar-refractivity contribution in [2.24, 2.45) is 0 Å². The zero-order valence-corrected chi connectivity index (χ0v) is 11.8. The third-order valence-corrected chi connectivity index (χ3v) is 3.59.